The normalized spacial score (nSPS) is 10.3. The first-order chi connectivity index (χ1) is 10.1. The van der Waals surface area contributed by atoms with Crippen molar-refractivity contribution in [3.63, 3.8) is 0 Å². The van der Waals surface area contributed by atoms with Crippen LogP contribution in [0.15, 0.2) is 57.9 Å². The highest BCUT2D eigenvalue weighted by molar-refractivity contribution is 9.10. The van der Waals surface area contributed by atoms with Gasteiger partial charge in [0.15, 0.2) is 0 Å². The average molecular weight is 367 g/mol. The third-order valence-corrected chi connectivity index (χ3v) is 4.72. The molecule has 0 atom stereocenters. The van der Waals surface area contributed by atoms with Crippen molar-refractivity contribution in [3.8, 4) is 5.75 Å². The molecule has 110 valence electrons. The first kappa shape index (κ1) is 15.9. The maximum absolute atomic E-state index is 10.6. The zero-order valence-corrected chi connectivity index (χ0v) is 13.7. The lowest BCUT2D eigenvalue weighted by molar-refractivity contribution is -0.136. The van der Waals surface area contributed by atoms with Crippen LogP contribution in [0.1, 0.15) is 5.56 Å². The van der Waals surface area contributed by atoms with Crippen LogP contribution in [0.5, 0.6) is 5.75 Å². The molecule has 1 N–H and O–H groups in total. The minimum absolute atomic E-state index is 0.0398. The van der Waals surface area contributed by atoms with Crippen molar-refractivity contribution >= 4 is 33.7 Å². The summed E-state index contributed by atoms with van der Waals surface area (Å²) in [6, 6.07) is 15.3. The van der Waals surface area contributed by atoms with E-state index in [1.54, 1.807) is 36.0 Å². The first-order valence-electron chi connectivity index (χ1n) is 6.46. The zero-order valence-electron chi connectivity index (χ0n) is 11.3. The van der Waals surface area contributed by atoms with Crippen molar-refractivity contribution in [2.24, 2.45) is 0 Å². The highest BCUT2D eigenvalue weighted by Crippen LogP contribution is 2.26. The summed E-state index contributed by atoms with van der Waals surface area (Å²) in [7, 11) is 0. The maximum atomic E-state index is 10.6. The van der Waals surface area contributed by atoms with E-state index in [0.29, 0.717) is 6.61 Å². The van der Waals surface area contributed by atoms with Gasteiger partial charge in [0.2, 0.25) is 0 Å². The lowest BCUT2D eigenvalue weighted by Gasteiger charge is -2.07. The van der Waals surface area contributed by atoms with Crippen LogP contribution in [-0.2, 0) is 11.2 Å². The fourth-order valence-electron chi connectivity index (χ4n) is 1.75. The molecule has 0 heterocycles. The van der Waals surface area contributed by atoms with Gasteiger partial charge in [-0.1, -0.05) is 24.3 Å². The molecule has 5 heteroatoms. The topological polar surface area (TPSA) is 46.5 Å². The number of halogens is 1. The van der Waals surface area contributed by atoms with Gasteiger partial charge in [-0.2, -0.15) is 0 Å². The molecule has 0 unspecified atom stereocenters. The van der Waals surface area contributed by atoms with Gasteiger partial charge in [0, 0.05) is 15.1 Å². The van der Waals surface area contributed by atoms with E-state index in [2.05, 4.69) is 22.0 Å². The van der Waals surface area contributed by atoms with Crippen LogP contribution < -0.4 is 4.74 Å². The van der Waals surface area contributed by atoms with Gasteiger partial charge in [0.25, 0.3) is 0 Å². The van der Waals surface area contributed by atoms with Gasteiger partial charge >= 0.3 is 5.97 Å². The largest absolute Gasteiger partial charge is 0.493 e. The van der Waals surface area contributed by atoms with E-state index in [4.69, 9.17) is 9.84 Å². The molecule has 0 aliphatic carbocycles. The van der Waals surface area contributed by atoms with E-state index < -0.39 is 5.97 Å². The maximum Gasteiger partial charge on any atom is 0.307 e. The Labute approximate surface area is 136 Å². The highest BCUT2D eigenvalue weighted by atomic mass is 79.9. The number of carboxylic acids is 1. The predicted octanol–water partition coefficient (Wildman–Crippen LogP) is 4.25. The van der Waals surface area contributed by atoms with Gasteiger partial charge in [-0.15, -0.1) is 11.8 Å². The van der Waals surface area contributed by atoms with E-state index in [9.17, 15) is 4.79 Å². The number of thioether (sulfide) groups is 1. The van der Waals surface area contributed by atoms with Crippen molar-refractivity contribution in [3.05, 3.63) is 58.6 Å². The number of hydrogen-bond acceptors (Lipinski definition) is 3. The van der Waals surface area contributed by atoms with Crippen molar-refractivity contribution in [2.45, 2.75) is 11.3 Å². The van der Waals surface area contributed by atoms with Gasteiger partial charge < -0.3 is 9.84 Å². The summed E-state index contributed by atoms with van der Waals surface area (Å²) in [6.07, 6.45) is 0.0398. The van der Waals surface area contributed by atoms with Gasteiger partial charge in [0.1, 0.15) is 5.75 Å². The third-order valence-electron chi connectivity index (χ3n) is 2.72. The van der Waals surface area contributed by atoms with E-state index in [1.807, 2.05) is 18.2 Å². The minimum Gasteiger partial charge on any atom is -0.493 e. The van der Waals surface area contributed by atoms with Crippen molar-refractivity contribution in [1.82, 2.24) is 0 Å². The Morgan fingerprint density at radius 3 is 2.52 bits per heavy atom. The van der Waals surface area contributed by atoms with Crippen LogP contribution in [0.3, 0.4) is 0 Å². The SMILES string of the molecule is O=C(O)Cc1ccc(OCCSc2ccccc2Br)cc1. The predicted molar refractivity (Wildman–Crippen MR) is 88.1 cm³/mol. The lowest BCUT2D eigenvalue weighted by atomic mass is 10.1. The second kappa shape index (κ2) is 8.10. The monoisotopic (exact) mass is 366 g/mol. The summed E-state index contributed by atoms with van der Waals surface area (Å²) in [5, 5.41) is 8.70. The molecule has 0 aliphatic rings. The van der Waals surface area contributed by atoms with Crippen LogP contribution in [-0.4, -0.2) is 23.4 Å². The van der Waals surface area contributed by atoms with E-state index in [-0.39, 0.29) is 6.42 Å². The quantitative estimate of drug-likeness (QED) is 0.587. The number of benzene rings is 2. The smallest absolute Gasteiger partial charge is 0.307 e. The van der Waals surface area contributed by atoms with Gasteiger partial charge in [-0.05, 0) is 45.8 Å². The van der Waals surface area contributed by atoms with Crippen LogP contribution in [0.25, 0.3) is 0 Å². The molecule has 0 saturated carbocycles. The van der Waals surface area contributed by atoms with Gasteiger partial charge in [-0.25, -0.2) is 0 Å². The number of rotatable bonds is 7. The summed E-state index contributed by atoms with van der Waals surface area (Å²) in [5.41, 5.74) is 0.775. The van der Waals surface area contributed by atoms with Crippen molar-refractivity contribution < 1.29 is 14.6 Å². The summed E-state index contributed by atoms with van der Waals surface area (Å²) < 4.78 is 6.73. The molecule has 0 fully saturated rings. The van der Waals surface area contributed by atoms with Crippen molar-refractivity contribution in [1.29, 1.82) is 0 Å². The molecule has 0 radical (unpaired) electrons. The van der Waals surface area contributed by atoms with Crippen LogP contribution >= 0.6 is 27.7 Å². The molecular weight excluding hydrogens is 352 g/mol. The molecule has 0 amide bonds. The summed E-state index contributed by atoms with van der Waals surface area (Å²) in [6.45, 7) is 0.601. The number of ether oxygens (including phenoxy) is 1. The van der Waals surface area contributed by atoms with E-state index in [0.717, 1.165) is 21.5 Å². The van der Waals surface area contributed by atoms with Crippen molar-refractivity contribution in [2.75, 3.05) is 12.4 Å². The standard InChI is InChI=1S/C16H15BrO3S/c17-14-3-1-2-4-15(14)21-10-9-20-13-7-5-12(6-8-13)11-16(18)19/h1-8H,9-11H2,(H,18,19). The number of carbonyl (C=O) groups is 1. The average Bonchev–Trinajstić information content (AvgIpc) is 2.46. The Bertz CT molecular complexity index is 599. The fraction of sp³-hybridized carbons (Fsp3) is 0.188. The van der Waals surface area contributed by atoms with E-state index >= 15 is 0 Å². The Balaban J connectivity index is 1.76. The summed E-state index contributed by atoms with van der Waals surface area (Å²) in [4.78, 5) is 11.8. The van der Waals surface area contributed by atoms with E-state index in [1.165, 1.54) is 4.90 Å². The number of hydrogen-bond donors (Lipinski definition) is 1. The first-order valence-corrected chi connectivity index (χ1v) is 8.24. The molecule has 0 bridgehead atoms. The Hall–Kier alpha value is -1.46. The molecule has 0 spiro atoms. The Morgan fingerprint density at radius 2 is 1.86 bits per heavy atom. The molecule has 0 aliphatic heterocycles. The second-order valence-electron chi connectivity index (χ2n) is 4.34. The molecule has 21 heavy (non-hydrogen) atoms. The third kappa shape index (κ3) is 5.44. The Morgan fingerprint density at radius 1 is 1.14 bits per heavy atom. The summed E-state index contributed by atoms with van der Waals surface area (Å²) in [5.74, 6) is 0.782. The number of aliphatic carboxylic acids is 1. The van der Waals surface area contributed by atoms with Gasteiger partial charge in [0.05, 0.1) is 13.0 Å². The molecule has 2 aromatic carbocycles. The lowest BCUT2D eigenvalue weighted by Crippen LogP contribution is -2.02. The Kier molecular flexibility index (Phi) is 6.14. The molecule has 2 aromatic rings. The highest BCUT2D eigenvalue weighted by Gasteiger charge is 2.02. The molecular formula is C16H15BrO3S. The van der Waals surface area contributed by atoms with Crippen LogP contribution in [0.4, 0.5) is 0 Å². The van der Waals surface area contributed by atoms with Crippen LogP contribution in [0, 0.1) is 0 Å². The number of carboxylic acid groups (broad SMARTS) is 1. The molecule has 2 rings (SSSR count). The zero-order chi connectivity index (χ0) is 15.1. The van der Waals surface area contributed by atoms with Crippen LogP contribution in [0.2, 0.25) is 0 Å². The minimum atomic E-state index is -0.825. The molecule has 0 saturated heterocycles. The van der Waals surface area contributed by atoms with Gasteiger partial charge in [-0.3, -0.25) is 4.79 Å². The molecule has 0 aromatic heterocycles. The fourth-order valence-corrected chi connectivity index (χ4v) is 3.15. The summed E-state index contributed by atoms with van der Waals surface area (Å²) >= 11 is 5.24. The second-order valence-corrected chi connectivity index (χ2v) is 6.33. The molecule has 3 nitrogen and oxygen atoms in total.